The summed E-state index contributed by atoms with van der Waals surface area (Å²) in [5.41, 5.74) is -0.148. The first-order valence-corrected chi connectivity index (χ1v) is 9.64. The molecule has 4 aliphatic carbocycles. The molecule has 4 rings (SSSR count). The first-order chi connectivity index (χ1) is 10.6. The van der Waals surface area contributed by atoms with Crippen molar-refractivity contribution < 1.29 is 15.3 Å². The minimum Gasteiger partial charge on any atom is -0.393 e. The zero-order valence-corrected chi connectivity index (χ0v) is 15.1. The van der Waals surface area contributed by atoms with Crippen molar-refractivity contribution in [2.24, 2.45) is 39.9 Å². The molecule has 0 aromatic rings. The van der Waals surface area contributed by atoms with Gasteiger partial charge in [-0.3, -0.25) is 0 Å². The van der Waals surface area contributed by atoms with Crippen LogP contribution in [0.5, 0.6) is 0 Å². The molecule has 0 saturated heterocycles. The second-order valence-electron chi connectivity index (χ2n) is 10.5. The van der Waals surface area contributed by atoms with E-state index in [1.807, 2.05) is 0 Å². The molecular weight excluding hydrogens is 288 g/mol. The van der Waals surface area contributed by atoms with Crippen molar-refractivity contribution in [2.45, 2.75) is 84.5 Å². The van der Waals surface area contributed by atoms with E-state index in [0.29, 0.717) is 17.8 Å². The summed E-state index contributed by atoms with van der Waals surface area (Å²) in [5, 5.41) is 32.8. The van der Waals surface area contributed by atoms with Crippen LogP contribution in [0.3, 0.4) is 0 Å². The second kappa shape index (κ2) is 4.74. The van der Waals surface area contributed by atoms with Crippen molar-refractivity contribution in [3.63, 3.8) is 0 Å². The second-order valence-corrected chi connectivity index (χ2v) is 10.5. The summed E-state index contributed by atoms with van der Waals surface area (Å²) in [7, 11) is 0. The first-order valence-electron chi connectivity index (χ1n) is 9.64. The van der Waals surface area contributed by atoms with Gasteiger partial charge >= 0.3 is 0 Å². The van der Waals surface area contributed by atoms with Crippen LogP contribution in [0.4, 0.5) is 0 Å². The molecular formula is C20H34O3. The third-order valence-electron chi connectivity index (χ3n) is 8.71. The molecule has 4 aliphatic rings. The molecule has 3 nitrogen and oxygen atoms in total. The van der Waals surface area contributed by atoms with E-state index in [2.05, 4.69) is 27.7 Å². The molecule has 0 radical (unpaired) electrons. The Kier molecular flexibility index (Phi) is 3.37. The summed E-state index contributed by atoms with van der Waals surface area (Å²) in [4.78, 5) is 0. The molecule has 3 heteroatoms. The van der Waals surface area contributed by atoms with E-state index in [0.717, 1.165) is 38.5 Å². The number of hydrogen-bond acceptors (Lipinski definition) is 3. The van der Waals surface area contributed by atoms with Crippen molar-refractivity contribution in [1.82, 2.24) is 0 Å². The fourth-order valence-electron chi connectivity index (χ4n) is 8.27. The summed E-state index contributed by atoms with van der Waals surface area (Å²) in [6, 6.07) is 0. The molecule has 0 heterocycles. The highest BCUT2D eigenvalue weighted by Crippen LogP contribution is 2.72. The van der Waals surface area contributed by atoms with Crippen LogP contribution in [0, 0.1) is 39.9 Å². The average molecular weight is 322 g/mol. The van der Waals surface area contributed by atoms with Crippen LogP contribution in [0.25, 0.3) is 0 Å². The van der Waals surface area contributed by atoms with E-state index in [9.17, 15) is 15.3 Å². The molecule has 1 spiro atoms. The predicted octanol–water partition coefficient (Wildman–Crippen LogP) is 2.97. The Bertz CT molecular complexity index is 499. The number of aliphatic hydroxyl groups is 3. The highest BCUT2D eigenvalue weighted by Gasteiger charge is 2.69. The third kappa shape index (κ3) is 1.99. The molecule has 23 heavy (non-hydrogen) atoms. The number of hydrogen-bond donors (Lipinski definition) is 3. The predicted molar refractivity (Wildman–Crippen MR) is 89.7 cm³/mol. The quantitative estimate of drug-likeness (QED) is 0.642. The summed E-state index contributed by atoms with van der Waals surface area (Å²) in [6.07, 6.45) is 4.59. The zero-order valence-electron chi connectivity index (χ0n) is 15.1. The van der Waals surface area contributed by atoms with Gasteiger partial charge in [-0.1, -0.05) is 27.7 Å². The molecule has 4 fully saturated rings. The normalized spacial score (nSPS) is 60.9. The van der Waals surface area contributed by atoms with Crippen LogP contribution in [0.2, 0.25) is 0 Å². The SMILES string of the molecule is CC1CC23CC1C[C@H](O)C2C1(C)C[C@@H](O)CC(C)(C)C1C[C@H]3O. The Morgan fingerprint density at radius 1 is 0.870 bits per heavy atom. The van der Waals surface area contributed by atoms with Crippen LogP contribution >= 0.6 is 0 Å². The van der Waals surface area contributed by atoms with E-state index in [1.165, 1.54) is 0 Å². The molecule has 0 amide bonds. The third-order valence-corrected chi connectivity index (χ3v) is 8.71. The maximum Gasteiger partial charge on any atom is 0.0603 e. The molecule has 4 saturated carbocycles. The van der Waals surface area contributed by atoms with E-state index in [-0.39, 0.29) is 40.5 Å². The Morgan fingerprint density at radius 3 is 2.26 bits per heavy atom. The Hall–Kier alpha value is -0.120. The van der Waals surface area contributed by atoms with Crippen molar-refractivity contribution in [1.29, 1.82) is 0 Å². The zero-order chi connectivity index (χ0) is 16.8. The van der Waals surface area contributed by atoms with Gasteiger partial charge in [0.1, 0.15) is 0 Å². The van der Waals surface area contributed by atoms with E-state index in [4.69, 9.17) is 0 Å². The molecule has 9 atom stereocenters. The van der Waals surface area contributed by atoms with Crippen molar-refractivity contribution in [2.75, 3.05) is 0 Å². The highest BCUT2D eigenvalue weighted by atomic mass is 16.3. The average Bonchev–Trinajstić information content (AvgIpc) is 2.64. The molecule has 132 valence electrons. The van der Waals surface area contributed by atoms with Gasteiger partial charge in [-0.2, -0.15) is 0 Å². The van der Waals surface area contributed by atoms with Gasteiger partial charge in [0.15, 0.2) is 0 Å². The standard InChI is InChI=1S/C20H34O3/c1-11-7-20-8-12(11)5-14(22)17(20)19(4)10-13(21)9-18(2,3)15(19)6-16(20)23/h11-17,21-23H,5-10H2,1-4H3/t11?,12?,13-,14-,15?,16+,17?,19?,20?/m0/s1. The smallest absolute Gasteiger partial charge is 0.0603 e. The maximum atomic E-state index is 11.2. The van der Waals surface area contributed by atoms with Gasteiger partial charge in [-0.25, -0.2) is 0 Å². The van der Waals surface area contributed by atoms with Gasteiger partial charge in [0.25, 0.3) is 0 Å². The molecule has 2 bridgehead atoms. The molecule has 0 aromatic carbocycles. The van der Waals surface area contributed by atoms with Crippen LogP contribution in [0.1, 0.15) is 66.2 Å². The van der Waals surface area contributed by atoms with Gasteiger partial charge in [0.2, 0.25) is 0 Å². The Balaban J connectivity index is 1.82. The lowest BCUT2D eigenvalue weighted by molar-refractivity contribution is -0.239. The summed E-state index contributed by atoms with van der Waals surface area (Å²) < 4.78 is 0. The molecule has 0 aliphatic heterocycles. The van der Waals surface area contributed by atoms with Crippen LogP contribution in [-0.4, -0.2) is 33.6 Å². The Morgan fingerprint density at radius 2 is 1.57 bits per heavy atom. The van der Waals surface area contributed by atoms with Gasteiger partial charge in [-0.15, -0.1) is 0 Å². The van der Waals surface area contributed by atoms with Crippen LogP contribution in [-0.2, 0) is 0 Å². The van der Waals surface area contributed by atoms with Crippen LogP contribution in [0.15, 0.2) is 0 Å². The first kappa shape index (κ1) is 16.4. The van der Waals surface area contributed by atoms with E-state index >= 15 is 0 Å². The van der Waals surface area contributed by atoms with E-state index < -0.39 is 0 Å². The van der Waals surface area contributed by atoms with Crippen molar-refractivity contribution in [3.05, 3.63) is 0 Å². The number of fused-ring (bicyclic) bond motifs is 3. The summed E-state index contributed by atoms with van der Waals surface area (Å²) in [6.45, 7) is 9.11. The largest absolute Gasteiger partial charge is 0.393 e. The summed E-state index contributed by atoms with van der Waals surface area (Å²) >= 11 is 0. The van der Waals surface area contributed by atoms with E-state index in [1.54, 1.807) is 0 Å². The molecule has 3 N–H and O–H groups in total. The number of rotatable bonds is 0. The van der Waals surface area contributed by atoms with Crippen molar-refractivity contribution >= 4 is 0 Å². The van der Waals surface area contributed by atoms with Crippen LogP contribution < -0.4 is 0 Å². The monoisotopic (exact) mass is 322 g/mol. The molecule has 0 aromatic heterocycles. The topological polar surface area (TPSA) is 60.7 Å². The highest BCUT2D eigenvalue weighted by molar-refractivity contribution is 5.18. The Labute approximate surface area is 140 Å². The number of aliphatic hydroxyl groups excluding tert-OH is 3. The lowest BCUT2D eigenvalue weighted by atomic mass is 9.39. The van der Waals surface area contributed by atoms with Crippen molar-refractivity contribution in [3.8, 4) is 0 Å². The lowest BCUT2D eigenvalue weighted by Crippen LogP contribution is -2.65. The minimum absolute atomic E-state index is 0.0236. The minimum atomic E-state index is -0.317. The summed E-state index contributed by atoms with van der Waals surface area (Å²) in [5.74, 6) is 1.69. The molecule has 6 unspecified atom stereocenters. The fraction of sp³-hybridized carbons (Fsp3) is 1.00. The van der Waals surface area contributed by atoms with Gasteiger partial charge in [0.05, 0.1) is 18.3 Å². The lowest BCUT2D eigenvalue weighted by Gasteiger charge is -2.66. The van der Waals surface area contributed by atoms with Gasteiger partial charge < -0.3 is 15.3 Å². The maximum absolute atomic E-state index is 11.2. The van der Waals surface area contributed by atoms with Gasteiger partial charge in [0, 0.05) is 5.41 Å². The fourth-order valence-corrected chi connectivity index (χ4v) is 8.27. The van der Waals surface area contributed by atoms with Gasteiger partial charge in [-0.05, 0) is 73.0 Å².